The molecule has 0 bridgehead atoms. The Morgan fingerprint density at radius 2 is 2.03 bits per heavy atom. The zero-order valence-electron chi connectivity index (χ0n) is 17.1. The number of carbonyl (C=O) groups excluding carboxylic acids is 1. The summed E-state index contributed by atoms with van der Waals surface area (Å²) >= 11 is 2.97. The van der Waals surface area contributed by atoms with Gasteiger partial charge in [-0.15, -0.1) is 22.7 Å². The number of anilines is 2. The normalized spacial score (nSPS) is 11.0. The number of nitrogens with two attached hydrogens (primary N) is 1. The van der Waals surface area contributed by atoms with Crippen LogP contribution in [0.5, 0.6) is 5.75 Å². The minimum atomic E-state index is -0.504. The highest BCUT2D eigenvalue weighted by atomic mass is 32.1. The van der Waals surface area contributed by atoms with Gasteiger partial charge in [0.1, 0.15) is 16.5 Å². The first-order chi connectivity index (χ1) is 14.9. The predicted molar refractivity (Wildman–Crippen MR) is 123 cm³/mol. The molecule has 10 heteroatoms. The van der Waals surface area contributed by atoms with Crippen molar-refractivity contribution < 1.29 is 9.53 Å². The molecule has 0 aliphatic rings. The molecule has 0 fully saturated rings. The maximum Gasteiger partial charge on any atom is 0.248 e. The van der Waals surface area contributed by atoms with Crippen LogP contribution in [-0.4, -0.2) is 31.9 Å². The van der Waals surface area contributed by atoms with E-state index in [9.17, 15) is 4.79 Å². The van der Waals surface area contributed by atoms with Gasteiger partial charge in [-0.3, -0.25) is 14.8 Å². The molecule has 0 atom stereocenters. The molecular weight excluding hydrogens is 432 g/mol. The molecule has 0 aliphatic heterocycles. The second-order valence-electron chi connectivity index (χ2n) is 6.93. The fourth-order valence-electron chi connectivity index (χ4n) is 2.84. The van der Waals surface area contributed by atoms with Gasteiger partial charge in [0.2, 0.25) is 5.91 Å². The summed E-state index contributed by atoms with van der Waals surface area (Å²) in [5.74, 6) is 0.117. The number of benzene rings is 1. The van der Waals surface area contributed by atoms with Crippen molar-refractivity contribution in [3.05, 3.63) is 53.4 Å². The van der Waals surface area contributed by atoms with Crippen molar-refractivity contribution in [2.24, 2.45) is 5.73 Å². The number of rotatable bonds is 7. The predicted octanol–water partition coefficient (Wildman–Crippen LogP) is 4.66. The molecule has 0 unspecified atom stereocenters. The van der Waals surface area contributed by atoms with Crippen molar-refractivity contribution >= 4 is 39.4 Å². The number of hydrogen-bond acceptors (Lipinski definition) is 9. The van der Waals surface area contributed by atoms with Crippen LogP contribution in [0.15, 0.2) is 42.2 Å². The Morgan fingerprint density at radius 1 is 1.19 bits per heavy atom. The lowest BCUT2D eigenvalue weighted by atomic mass is 10.1. The molecule has 0 spiro atoms. The van der Waals surface area contributed by atoms with Crippen molar-refractivity contribution in [3.8, 4) is 27.0 Å². The van der Waals surface area contributed by atoms with Crippen LogP contribution >= 0.6 is 22.7 Å². The van der Waals surface area contributed by atoms with Crippen LogP contribution in [-0.2, 0) is 0 Å². The van der Waals surface area contributed by atoms with Crippen molar-refractivity contribution in [2.45, 2.75) is 26.9 Å². The van der Waals surface area contributed by atoms with Gasteiger partial charge >= 0.3 is 0 Å². The molecule has 3 heterocycles. The summed E-state index contributed by atoms with van der Waals surface area (Å²) in [5.41, 5.74) is 8.88. The molecule has 4 rings (SSSR count). The van der Waals surface area contributed by atoms with Crippen molar-refractivity contribution in [1.29, 1.82) is 0 Å². The number of nitrogens with zero attached hydrogens (tertiary/aromatic N) is 4. The Bertz CT molecular complexity index is 1220. The molecule has 31 heavy (non-hydrogen) atoms. The lowest BCUT2D eigenvalue weighted by molar-refractivity contribution is 0.100. The van der Waals surface area contributed by atoms with E-state index < -0.39 is 5.91 Å². The number of ether oxygens (including phenoxy) is 1. The van der Waals surface area contributed by atoms with Crippen LogP contribution in [0.25, 0.3) is 21.3 Å². The number of nitrogens with one attached hydrogen (secondary N) is 1. The second kappa shape index (κ2) is 8.78. The number of primary amides is 1. The average molecular weight is 453 g/mol. The fraction of sp³-hybridized carbons (Fsp3) is 0.190. The van der Waals surface area contributed by atoms with Gasteiger partial charge in [0.25, 0.3) is 0 Å². The molecule has 4 aromatic rings. The van der Waals surface area contributed by atoms with Crippen LogP contribution in [0.3, 0.4) is 0 Å². The van der Waals surface area contributed by atoms with Gasteiger partial charge in [-0.25, -0.2) is 9.97 Å². The molecular formula is C21H20N6O2S2. The standard InChI is InChI=1S/C21H20N6O2S2/c1-11(2)29-17-5-4-13(19(22)28)8-14(17)26-21-27-16(10-30-21)18-12(3)25-20(31-18)15-9-23-6-7-24-15/h4-11H,1-3H3,(H2,22,28)(H,26,27). The first-order valence-electron chi connectivity index (χ1n) is 9.48. The van der Waals surface area contributed by atoms with E-state index in [0.29, 0.717) is 22.1 Å². The molecule has 0 radical (unpaired) electrons. The zero-order valence-corrected chi connectivity index (χ0v) is 18.8. The molecule has 8 nitrogen and oxygen atoms in total. The number of carbonyl (C=O) groups is 1. The Labute approximate surface area is 187 Å². The molecule has 3 aromatic heterocycles. The monoisotopic (exact) mass is 452 g/mol. The summed E-state index contributed by atoms with van der Waals surface area (Å²) in [6, 6.07) is 5.05. The van der Waals surface area contributed by atoms with E-state index in [0.717, 1.165) is 27.0 Å². The highest BCUT2D eigenvalue weighted by Gasteiger charge is 2.16. The average Bonchev–Trinajstić information content (AvgIpc) is 3.36. The van der Waals surface area contributed by atoms with Crippen LogP contribution in [0, 0.1) is 6.92 Å². The quantitative estimate of drug-likeness (QED) is 0.419. The molecule has 158 valence electrons. The van der Waals surface area contributed by atoms with E-state index >= 15 is 0 Å². The Hall–Kier alpha value is -3.37. The summed E-state index contributed by atoms with van der Waals surface area (Å²) in [6.45, 7) is 5.83. The van der Waals surface area contributed by atoms with E-state index in [2.05, 4.69) is 20.3 Å². The molecule has 0 saturated heterocycles. The highest BCUT2D eigenvalue weighted by Crippen LogP contribution is 2.37. The van der Waals surface area contributed by atoms with Gasteiger partial charge in [-0.05, 0) is 39.0 Å². The Balaban J connectivity index is 1.62. The summed E-state index contributed by atoms with van der Waals surface area (Å²) < 4.78 is 5.86. The summed E-state index contributed by atoms with van der Waals surface area (Å²) in [7, 11) is 0. The number of aryl methyl sites for hydroxylation is 1. The molecule has 1 aromatic carbocycles. The smallest absolute Gasteiger partial charge is 0.248 e. The van der Waals surface area contributed by atoms with E-state index in [4.69, 9.17) is 15.5 Å². The molecule has 0 aliphatic carbocycles. The Kier molecular flexibility index (Phi) is 5.92. The third kappa shape index (κ3) is 4.70. The van der Waals surface area contributed by atoms with Gasteiger partial charge < -0.3 is 15.8 Å². The fourth-order valence-corrected chi connectivity index (χ4v) is 4.62. The minimum Gasteiger partial charge on any atom is -0.489 e. The van der Waals surface area contributed by atoms with Crippen LogP contribution in [0.1, 0.15) is 29.9 Å². The third-order valence-corrected chi connectivity index (χ3v) is 6.14. The molecule has 1 amide bonds. The van der Waals surface area contributed by atoms with Gasteiger partial charge in [-0.2, -0.15) is 0 Å². The maximum absolute atomic E-state index is 11.6. The van der Waals surface area contributed by atoms with Gasteiger partial charge in [0, 0.05) is 23.3 Å². The van der Waals surface area contributed by atoms with Crippen LogP contribution in [0.2, 0.25) is 0 Å². The number of hydrogen-bond donors (Lipinski definition) is 2. The second-order valence-corrected chi connectivity index (χ2v) is 8.79. The van der Waals surface area contributed by atoms with Crippen LogP contribution in [0.4, 0.5) is 10.8 Å². The minimum absolute atomic E-state index is 0.0221. The van der Waals surface area contributed by atoms with E-state index in [1.54, 1.807) is 36.8 Å². The van der Waals surface area contributed by atoms with Gasteiger partial charge in [0.05, 0.1) is 34.3 Å². The summed E-state index contributed by atoms with van der Waals surface area (Å²) in [4.78, 5) is 30.3. The van der Waals surface area contributed by atoms with E-state index in [1.165, 1.54) is 22.7 Å². The summed E-state index contributed by atoms with van der Waals surface area (Å²) in [6.07, 6.45) is 4.95. The van der Waals surface area contributed by atoms with E-state index in [-0.39, 0.29) is 6.10 Å². The van der Waals surface area contributed by atoms with Crippen molar-refractivity contribution in [2.75, 3.05) is 5.32 Å². The number of amides is 1. The molecule has 3 N–H and O–H groups in total. The summed E-state index contributed by atoms with van der Waals surface area (Å²) in [5, 5.41) is 6.68. The lowest BCUT2D eigenvalue weighted by Gasteiger charge is -2.15. The Morgan fingerprint density at radius 3 is 2.74 bits per heavy atom. The molecule has 0 saturated carbocycles. The third-order valence-electron chi connectivity index (χ3n) is 4.18. The first-order valence-corrected chi connectivity index (χ1v) is 11.2. The maximum atomic E-state index is 11.6. The zero-order chi connectivity index (χ0) is 22.0. The highest BCUT2D eigenvalue weighted by molar-refractivity contribution is 7.19. The van der Waals surface area contributed by atoms with E-state index in [1.807, 2.05) is 26.2 Å². The number of thiazole rings is 2. The van der Waals surface area contributed by atoms with Crippen molar-refractivity contribution in [3.63, 3.8) is 0 Å². The first kappa shape index (κ1) is 20.9. The number of aromatic nitrogens is 4. The van der Waals surface area contributed by atoms with Gasteiger partial charge in [-0.1, -0.05) is 0 Å². The SMILES string of the molecule is Cc1nc(-c2cnccn2)sc1-c1csc(Nc2cc(C(N)=O)ccc2OC(C)C)n1. The van der Waals surface area contributed by atoms with Crippen LogP contribution < -0.4 is 15.8 Å². The topological polar surface area (TPSA) is 116 Å². The lowest BCUT2D eigenvalue weighted by Crippen LogP contribution is -2.12. The van der Waals surface area contributed by atoms with Crippen molar-refractivity contribution in [1.82, 2.24) is 19.9 Å². The largest absolute Gasteiger partial charge is 0.489 e. The van der Waals surface area contributed by atoms with Gasteiger partial charge in [0.15, 0.2) is 5.13 Å².